The van der Waals surface area contributed by atoms with Crippen molar-refractivity contribution in [1.82, 2.24) is 42.6 Å². The van der Waals surface area contributed by atoms with Crippen LogP contribution in [0.1, 0.15) is 96.0 Å². The Morgan fingerprint density at radius 2 is 0.911 bits per heavy atom. The van der Waals surface area contributed by atoms with Crippen molar-refractivity contribution in [3.8, 4) is 5.75 Å². The van der Waals surface area contributed by atoms with E-state index in [1.807, 2.05) is 48.5 Å². The van der Waals surface area contributed by atoms with Gasteiger partial charge in [0.05, 0.1) is 12.7 Å². The second-order valence-electron chi connectivity index (χ2n) is 23.1. The number of hydrogen-bond acceptors (Lipinski definition) is 15. The summed E-state index contributed by atoms with van der Waals surface area (Å²) in [5.41, 5.74) is 10.6. The topological polar surface area (TPSA) is 339 Å². The minimum atomic E-state index is -1.51. The van der Waals surface area contributed by atoms with E-state index >= 15 is 0 Å². The van der Waals surface area contributed by atoms with E-state index in [1.165, 1.54) is 12.1 Å². The fraction of sp³-hybridized carbons (Fsp3) is 0.409. The van der Waals surface area contributed by atoms with Crippen LogP contribution in [0, 0.1) is 11.8 Å². The Morgan fingerprint density at radius 1 is 0.489 bits per heavy atom. The number of alkyl carbamates (subject to hydrolysis) is 1. The van der Waals surface area contributed by atoms with Gasteiger partial charge in [-0.3, -0.25) is 39.0 Å². The van der Waals surface area contributed by atoms with Crippen molar-refractivity contribution in [2.45, 2.75) is 155 Å². The van der Waals surface area contributed by atoms with Crippen LogP contribution in [-0.2, 0) is 80.2 Å². The number of nitrogens with two attached hydrogens (primary N) is 2. The lowest BCUT2D eigenvalue weighted by molar-refractivity contribution is -0.138. The summed E-state index contributed by atoms with van der Waals surface area (Å²) in [7, 11) is 0. The number of halogens is 1. The molecule has 0 radical (unpaired) electrons. The molecule has 9 atom stereocenters. The highest BCUT2D eigenvalue weighted by molar-refractivity contribution is 9.10. The predicted octanol–water partition coefficient (Wildman–Crippen LogP) is 5.64. The lowest BCUT2D eigenvalue weighted by Gasteiger charge is -2.31. The second-order valence-corrected chi connectivity index (χ2v) is 24.0. The Hall–Kier alpha value is -8.71. The van der Waals surface area contributed by atoms with E-state index in [9.17, 15) is 43.2 Å². The molecule has 23 nitrogen and oxygen atoms in total. The number of hydrogen-bond donors (Lipinski definition) is 10. The van der Waals surface area contributed by atoms with Crippen LogP contribution in [0.25, 0.3) is 0 Å². The summed E-state index contributed by atoms with van der Waals surface area (Å²) in [6, 6.07) is 30.9. The minimum Gasteiger partial charge on any atom is -0.444 e. The largest absolute Gasteiger partial charge is 0.514 e. The van der Waals surface area contributed by atoms with Gasteiger partial charge in [-0.1, -0.05) is 165 Å². The minimum absolute atomic E-state index is 0.0158. The van der Waals surface area contributed by atoms with Crippen LogP contribution in [0.3, 0.4) is 0 Å². The molecule has 0 aromatic heterocycles. The first-order valence-corrected chi connectivity index (χ1v) is 30.6. The predicted molar refractivity (Wildman–Crippen MR) is 341 cm³/mol. The van der Waals surface area contributed by atoms with Crippen LogP contribution in [0.4, 0.5) is 9.59 Å². The van der Waals surface area contributed by atoms with Crippen LogP contribution in [0.5, 0.6) is 5.75 Å². The van der Waals surface area contributed by atoms with Crippen LogP contribution in [0.2, 0.25) is 0 Å². The molecule has 0 spiro atoms. The van der Waals surface area contributed by atoms with E-state index in [4.69, 9.17) is 30.5 Å². The van der Waals surface area contributed by atoms with Crippen LogP contribution < -0.4 is 59.0 Å². The van der Waals surface area contributed by atoms with Gasteiger partial charge in [0.25, 0.3) is 5.91 Å². The van der Waals surface area contributed by atoms with Crippen molar-refractivity contribution < 1.29 is 62.1 Å². The summed E-state index contributed by atoms with van der Waals surface area (Å²) in [5, 5.41) is 19.2. The van der Waals surface area contributed by atoms with Gasteiger partial charge in [-0.05, 0) is 105 Å². The zero-order valence-corrected chi connectivity index (χ0v) is 53.6. The number of rotatable bonds is 32. The first-order chi connectivity index (χ1) is 42.9. The van der Waals surface area contributed by atoms with Gasteiger partial charge in [-0.2, -0.15) is 0 Å². The fourth-order valence-electron chi connectivity index (χ4n) is 9.17. The van der Waals surface area contributed by atoms with E-state index in [0.29, 0.717) is 17.5 Å². The Kier molecular flexibility index (Phi) is 28.9. The van der Waals surface area contributed by atoms with Crippen molar-refractivity contribution in [3.63, 3.8) is 0 Å². The van der Waals surface area contributed by atoms with Crippen LogP contribution in [0.15, 0.2) is 144 Å². The number of benzene rings is 5. The normalized spacial score (nSPS) is 14.2. The average molecular weight is 1310 g/mol. The lowest BCUT2D eigenvalue weighted by atomic mass is 9.96. The fourth-order valence-corrected chi connectivity index (χ4v) is 9.43. The molecule has 484 valence electrons. The molecule has 24 heteroatoms. The molecule has 0 saturated carbocycles. The number of carbonyl (C=O) groups excluding carboxylic acids is 9. The first kappa shape index (κ1) is 72.0. The Bertz CT molecular complexity index is 3140. The maximum atomic E-state index is 14.9. The van der Waals surface area contributed by atoms with Crippen molar-refractivity contribution in [3.05, 3.63) is 172 Å². The highest BCUT2D eigenvalue weighted by Gasteiger charge is 2.38. The lowest BCUT2D eigenvalue weighted by Crippen LogP contribution is -2.63. The highest BCUT2D eigenvalue weighted by atomic mass is 79.9. The molecule has 0 saturated heterocycles. The van der Waals surface area contributed by atoms with Gasteiger partial charge in [0, 0.05) is 23.7 Å². The van der Waals surface area contributed by atoms with Gasteiger partial charge in [0.15, 0.2) is 0 Å². The zero-order chi connectivity index (χ0) is 65.9. The number of nitrogens with one attached hydrogen (secondary N) is 8. The Morgan fingerprint density at radius 3 is 1.41 bits per heavy atom. The van der Waals surface area contributed by atoms with Gasteiger partial charge in [0.2, 0.25) is 35.4 Å². The number of hydrazine groups is 1. The molecule has 5 rings (SSSR count). The molecule has 0 aliphatic carbocycles. The number of ether oxygens (including phenoxy) is 4. The van der Waals surface area contributed by atoms with E-state index in [-0.39, 0.29) is 51.2 Å². The third kappa shape index (κ3) is 24.3. The summed E-state index contributed by atoms with van der Waals surface area (Å²) in [5.74, 6) is -0.753. The second kappa shape index (κ2) is 36.1. The van der Waals surface area contributed by atoms with Crippen LogP contribution in [-0.4, -0.2) is 114 Å². The molecule has 0 heterocycles. The molecule has 12 N–H and O–H groups in total. The summed E-state index contributed by atoms with van der Waals surface area (Å²) in [6.45, 7) is 13.4. The Balaban J connectivity index is 1.35. The van der Waals surface area contributed by atoms with E-state index in [1.54, 1.807) is 134 Å². The van der Waals surface area contributed by atoms with Gasteiger partial charge in [0.1, 0.15) is 60.3 Å². The van der Waals surface area contributed by atoms with Crippen molar-refractivity contribution >= 4 is 69.5 Å². The summed E-state index contributed by atoms with van der Waals surface area (Å²) < 4.78 is 23.1. The third-order valence-corrected chi connectivity index (χ3v) is 14.9. The summed E-state index contributed by atoms with van der Waals surface area (Å²) in [6.07, 6.45) is -2.73. The smallest absolute Gasteiger partial charge is 0.444 e. The quantitative estimate of drug-likeness (QED) is 0.00819. The molecule has 0 aliphatic rings. The van der Waals surface area contributed by atoms with Gasteiger partial charge in [-0.25, -0.2) is 15.4 Å². The molecular weight excluding hydrogens is 1220 g/mol. The zero-order valence-electron chi connectivity index (χ0n) is 52.0. The molecule has 0 fully saturated rings. The highest BCUT2D eigenvalue weighted by Crippen LogP contribution is 2.19. The molecule has 0 bridgehead atoms. The monoisotopic (exact) mass is 1300 g/mol. The van der Waals surface area contributed by atoms with Gasteiger partial charge < -0.3 is 61.9 Å². The molecule has 5 aromatic carbocycles. The maximum Gasteiger partial charge on any atom is 0.514 e. The summed E-state index contributed by atoms with van der Waals surface area (Å²) >= 11 is 3.37. The average Bonchev–Trinajstić information content (AvgIpc) is 1.36. The number of amides is 8. The maximum absolute atomic E-state index is 14.9. The molecule has 5 aromatic rings. The van der Waals surface area contributed by atoms with Crippen molar-refractivity contribution in [2.24, 2.45) is 23.4 Å². The van der Waals surface area contributed by atoms with Gasteiger partial charge in [-0.15, -0.1) is 0 Å². The van der Waals surface area contributed by atoms with Crippen molar-refractivity contribution in [2.75, 3.05) is 6.54 Å². The van der Waals surface area contributed by atoms with E-state index in [0.717, 1.165) is 21.2 Å². The third-order valence-electron chi connectivity index (χ3n) is 14.3. The molecule has 8 amide bonds. The molecule has 0 aliphatic heterocycles. The molecular formula is C66H85BrN10O13. The summed E-state index contributed by atoms with van der Waals surface area (Å²) in [4.78, 5) is 126. The van der Waals surface area contributed by atoms with E-state index < -0.39 is 119 Å². The Labute approximate surface area is 534 Å². The van der Waals surface area contributed by atoms with Crippen LogP contribution >= 0.6 is 15.9 Å². The van der Waals surface area contributed by atoms with Gasteiger partial charge >= 0.3 is 12.2 Å². The SMILES string of the molecule is CC[C@H](C)[C@H](NC(=O)[C@H](CCN)NC(=O)[C@@H](NC(=O)[C@H](Cc1ccccc1)NC(=O)OC(C)(C)C)C(C)C)C(=O)N[C@@H](Cc1ccccc1)C(=O)N[C@H](C(=O)N[C@@H](Cc1ccc(OC(=O)OCc2ccc(Br)cc2)cc1)C(=O)NN)[C@@H](C)OCc1ccccc1. The standard InChI is InChI=1S/C66H85BrN10O13/c1-9-41(4)55(75-57(78)50(33-34-68)70-61(82)54(40(2)3)74-59(80)52(36-44-21-15-11-16-22-44)73-64(85)90-66(6,7)8)62(83)71-51(35-43-19-13-10-14-20-43)58(79)76-56(42(5)87-38-46-23-17-12-18-24-46)63(84)72-53(60(81)77-69)37-45-27-31-49(32-28-45)89-65(86)88-39-47-25-29-48(67)30-26-47/h10-32,40-42,50-56H,9,33-39,68-69H2,1-8H3,(H,70,82)(H,71,83)(H,72,84)(H,73,85)(H,74,80)(H,75,78)(H,76,79)(H,77,81)/t41-,42+,50-,51-,52-,53-,54-,55-,56-/m0/s1. The number of carbonyl (C=O) groups is 9. The molecule has 90 heavy (non-hydrogen) atoms. The first-order valence-electron chi connectivity index (χ1n) is 29.8. The van der Waals surface area contributed by atoms with Crippen molar-refractivity contribution in [1.29, 1.82) is 0 Å². The molecule has 0 unspecified atom stereocenters. The van der Waals surface area contributed by atoms with E-state index in [2.05, 4.69) is 58.6 Å².